The predicted molar refractivity (Wildman–Crippen MR) is 194 cm³/mol. The summed E-state index contributed by atoms with van der Waals surface area (Å²) in [5.41, 5.74) is -0.311. The summed E-state index contributed by atoms with van der Waals surface area (Å²) in [6.07, 6.45) is 1.12. The molecule has 0 saturated carbocycles. The minimum Gasteiger partial charge on any atom is -0.465 e. The Kier molecular flexibility index (Phi) is 13.6. The molecule has 0 radical (unpaired) electrons. The molecular weight excluding hydrogens is 662 g/mol. The summed E-state index contributed by atoms with van der Waals surface area (Å²) in [6, 6.07) is 7.51. The molecule has 1 aromatic heterocycles. The fraction of sp³-hybridized carbons (Fsp3) is 0.600. The second kappa shape index (κ2) is 17.0. The van der Waals surface area contributed by atoms with Crippen LogP contribution < -0.4 is 26.6 Å². The maximum Gasteiger partial charge on any atom is 0.406 e. The molecule has 3 rings (SSSR count). The van der Waals surface area contributed by atoms with Gasteiger partial charge in [-0.15, -0.1) is 0 Å². The molecular formula is C35H53N7O7S. The number of carboxylic acid groups (broad SMARTS) is 2. The third-order valence-electron chi connectivity index (χ3n) is 9.03. The third-order valence-corrected chi connectivity index (χ3v) is 10.0. The van der Waals surface area contributed by atoms with E-state index in [4.69, 9.17) is 0 Å². The smallest absolute Gasteiger partial charge is 0.406 e. The van der Waals surface area contributed by atoms with Crippen molar-refractivity contribution in [3.63, 3.8) is 0 Å². The van der Waals surface area contributed by atoms with E-state index in [1.807, 2.05) is 70.7 Å². The largest absolute Gasteiger partial charge is 0.465 e. The number of aryl methyl sites for hydroxylation is 2. The number of piperidine rings is 1. The predicted octanol–water partition coefficient (Wildman–Crippen LogP) is 5.51. The molecule has 1 aliphatic rings. The van der Waals surface area contributed by atoms with Gasteiger partial charge < -0.3 is 31.1 Å². The lowest BCUT2D eigenvalue weighted by atomic mass is 9.58. The first-order valence-electron chi connectivity index (χ1n) is 17.0. The van der Waals surface area contributed by atoms with Crippen LogP contribution in [0.5, 0.6) is 0 Å². The van der Waals surface area contributed by atoms with Gasteiger partial charge in [-0.05, 0) is 67.1 Å². The van der Waals surface area contributed by atoms with Crippen LogP contribution in [-0.4, -0.2) is 81.3 Å². The van der Waals surface area contributed by atoms with Crippen LogP contribution in [0.15, 0.2) is 24.3 Å². The molecule has 50 heavy (non-hydrogen) atoms. The van der Waals surface area contributed by atoms with E-state index in [9.17, 15) is 34.2 Å². The van der Waals surface area contributed by atoms with Crippen LogP contribution in [0.1, 0.15) is 101 Å². The van der Waals surface area contributed by atoms with E-state index in [2.05, 4.69) is 31.6 Å². The van der Waals surface area contributed by atoms with E-state index >= 15 is 0 Å². The van der Waals surface area contributed by atoms with Crippen LogP contribution in [0.4, 0.5) is 20.4 Å². The molecule has 5 amide bonds. The van der Waals surface area contributed by atoms with E-state index in [1.165, 1.54) is 6.92 Å². The van der Waals surface area contributed by atoms with E-state index in [0.717, 1.165) is 49.3 Å². The number of aromatic nitrogens is 1. The zero-order valence-electron chi connectivity index (χ0n) is 30.2. The molecule has 14 nitrogen and oxygen atoms in total. The van der Waals surface area contributed by atoms with Crippen molar-refractivity contribution < 1.29 is 34.2 Å². The van der Waals surface area contributed by atoms with Crippen LogP contribution in [-0.2, 0) is 22.4 Å². The van der Waals surface area contributed by atoms with Gasteiger partial charge in [-0.25, -0.2) is 14.6 Å². The summed E-state index contributed by atoms with van der Waals surface area (Å²) in [5.74, 6) is -0.487. The van der Waals surface area contributed by atoms with Crippen LogP contribution in [0.3, 0.4) is 0 Å². The van der Waals surface area contributed by atoms with Crippen molar-refractivity contribution in [2.75, 3.05) is 30.3 Å². The maximum atomic E-state index is 13.2. The molecule has 0 atom stereocenters. The molecule has 1 fully saturated rings. The van der Waals surface area contributed by atoms with Crippen molar-refractivity contribution >= 4 is 52.1 Å². The minimum absolute atomic E-state index is 0.114. The molecule has 1 saturated heterocycles. The number of carbonyl (C=O) groups is 5. The average Bonchev–Trinajstić information content (AvgIpc) is 3.41. The van der Waals surface area contributed by atoms with Crippen LogP contribution in [0.25, 0.3) is 0 Å². The van der Waals surface area contributed by atoms with E-state index in [-0.39, 0.29) is 17.7 Å². The Morgan fingerprint density at radius 3 is 1.98 bits per heavy atom. The Balaban J connectivity index is 1.75. The molecule has 2 heterocycles. The highest BCUT2D eigenvalue weighted by molar-refractivity contribution is 7.17. The zero-order valence-corrected chi connectivity index (χ0v) is 31.0. The molecule has 0 spiro atoms. The van der Waals surface area contributed by atoms with Gasteiger partial charge in [0, 0.05) is 38.7 Å². The molecule has 0 unspecified atom stereocenters. The number of thiazole rings is 1. The van der Waals surface area contributed by atoms with Gasteiger partial charge in [0.05, 0.1) is 11.2 Å². The summed E-state index contributed by atoms with van der Waals surface area (Å²) < 4.78 is 0. The Morgan fingerprint density at radius 2 is 1.46 bits per heavy atom. The molecule has 2 aromatic rings. The number of benzene rings is 1. The first-order valence-corrected chi connectivity index (χ1v) is 17.8. The van der Waals surface area contributed by atoms with Gasteiger partial charge in [-0.3, -0.25) is 25.0 Å². The highest BCUT2D eigenvalue weighted by Gasteiger charge is 2.57. The standard InChI is InChI=1S/C35H53N7O7S/c1-22(43)37-30-38-25(27(50-30)28(45)36-19-11-12-26(44)42-20-9-8-10-21-42)18-15-23-13-16-24(17-14-23)41-35(33(2,3)4,34(5,6)7)29(39-31(46)47)40-32(48)49/h13-14,16-17,29,39-41H,8-12,15,18-21H2,1-7H3,(H,36,45)(H,46,47)(H,48,49)(H,37,38,43). The van der Waals surface area contributed by atoms with Gasteiger partial charge in [-0.2, -0.15) is 0 Å². The SMILES string of the molecule is CC(=O)Nc1nc(CCc2ccc(NC(C(NC(=O)O)NC(=O)O)(C(C)(C)C)C(C)(C)C)cc2)c(C(=O)NCCCC(=O)N2CCCCC2)s1. The van der Waals surface area contributed by atoms with Crippen molar-refractivity contribution in [3.05, 3.63) is 40.4 Å². The van der Waals surface area contributed by atoms with E-state index in [1.54, 1.807) is 0 Å². The van der Waals surface area contributed by atoms with Crippen LogP contribution in [0.2, 0.25) is 0 Å². The Hall–Kier alpha value is -4.40. The average molecular weight is 716 g/mol. The number of hydrogen-bond donors (Lipinski definition) is 7. The lowest BCUT2D eigenvalue weighted by Gasteiger charge is -2.57. The van der Waals surface area contributed by atoms with Crippen molar-refractivity contribution in [1.82, 2.24) is 25.8 Å². The van der Waals surface area contributed by atoms with Crippen molar-refractivity contribution in [2.45, 2.75) is 105 Å². The first-order chi connectivity index (χ1) is 23.3. The molecule has 15 heteroatoms. The number of hydrogen-bond acceptors (Lipinski definition) is 8. The fourth-order valence-electron chi connectivity index (χ4n) is 6.91. The van der Waals surface area contributed by atoms with Crippen molar-refractivity contribution in [1.29, 1.82) is 0 Å². The normalized spacial score (nSPS) is 13.8. The van der Waals surface area contributed by atoms with Gasteiger partial charge in [0.1, 0.15) is 11.0 Å². The number of likely N-dealkylation sites (tertiary alicyclic amines) is 1. The summed E-state index contributed by atoms with van der Waals surface area (Å²) in [4.78, 5) is 67.9. The Labute approximate surface area is 298 Å². The molecule has 0 aliphatic carbocycles. The quantitative estimate of drug-likeness (QED) is 0.0972. The Morgan fingerprint density at radius 1 is 0.880 bits per heavy atom. The zero-order chi connectivity index (χ0) is 37.3. The minimum atomic E-state index is -1.36. The van der Waals surface area contributed by atoms with Crippen LogP contribution in [0, 0.1) is 10.8 Å². The summed E-state index contributed by atoms with van der Waals surface area (Å²) >= 11 is 1.11. The van der Waals surface area contributed by atoms with Crippen LogP contribution >= 0.6 is 11.3 Å². The first kappa shape index (κ1) is 40.0. The Bertz CT molecular complexity index is 1480. The molecule has 0 bridgehead atoms. The highest BCUT2D eigenvalue weighted by atomic mass is 32.1. The van der Waals surface area contributed by atoms with Crippen molar-refractivity contribution in [2.24, 2.45) is 10.8 Å². The monoisotopic (exact) mass is 715 g/mol. The number of nitrogens with one attached hydrogen (secondary N) is 5. The van der Waals surface area contributed by atoms with Gasteiger partial charge >= 0.3 is 12.2 Å². The van der Waals surface area contributed by atoms with E-state index in [0.29, 0.717) is 53.6 Å². The highest BCUT2D eigenvalue weighted by Crippen LogP contribution is 2.48. The second-order valence-electron chi connectivity index (χ2n) is 14.7. The molecule has 1 aliphatic heterocycles. The molecule has 7 N–H and O–H groups in total. The number of carbonyl (C=O) groups excluding carboxylic acids is 3. The third kappa shape index (κ3) is 10.6. The lowest BCUT2D eigenvalue weighted by molar-refractivity contribution is -0.132. The number of nitrogens with zero attached hydrogens (tertiary/aromatic N) is 2. The molecule has 1 aromatic carbocycles. The summed E-state index contributed by atoms with van der Waals surface area (Å²) in [7, 11) is 0. The molecule has 276 valence electrons. The summed E-state index contributed by atoms with van der Waals surface area (Å²) in [6.45, 7) is 14.8. The fourth-order valence-corrected chi connectivity index (χ4v) is 7.88. The van der Waals surface area contributed by atoms with Gasteiger partial charge in [0.25, 0.3) is 5.91 Å². The summed E-state index contributed by atoms with van der Waals surface area (Å²) in [5, 5.41) is 33.4. The van der Waals surface area contributed by atoms with Gasteiger partial charge in [0.15, 0.2) is 5.13 Å². The second-order valence-corrected chi connectivity index (χ2v) is 15.7. The van der Waals surface area contributed by atoms with Gasteiger partial charge in [-0.1, -0.05) is 65.0 Å². The number of amides is 5. The number of rotatable bonds is 14. The lowest BCUT2D eigenvalue weighted by Crippen LogP contribution is -2.74. The number of anilines is 2. The van der Waals surface area contributed by atoms with Gasteiger partial charge in [0.2, 0.25) is 11.8 Å². The topological polar surface area (TPSA) is 202 Å². The maximum absolute atomic E-state index is 13.2. The van der Waals surface area contributed by atoms with E-state index < -0.39 is 34.7 Å². The van der Waals surface area contributed by atoms with Crippen molar-refractivity contribution in [3.8, 4) is 0 Å².